The molecule has 2 rings (SSSR count). The summed E-state index contributed by atoms with van der Waals surface area (Å²) in [4.78, 5) is 35.3. The number of amides is 4. The summed E-state index contributed by atoms with van der Waals surface area (Å²) < 4.78 is 0. The zero-order valence-corrected chi connectivity index (χ0v) is 23.3. The standard InChI is InChI=1S/C28H48N4O4S/c1-2-3-11-16-22(33)17-12-9-7-5-4-6-8-10-13-19-25(34)31-32-26(35)20-15-14-18-24-27-23(21-37-24)29-28(36)30-27/h7,9,12,17,22-24,27,33H,2-6,8,10-11,13-16,18-21H2,1H3,(H,31,34)(H,32,35)(H2,29,30,36)/t22-,23-,24-,27-/m0/s1. The highest BCUT2D eigenvalue weighted by Crippen LogP contribution is 2.33. The first-order chi connectivity index (χ1) is 18.0. The maximum absolute atomic E-state index is 12.0. The highest BCUT2D eigenvalue weighted by molar-refractivity contribution is 8.00. The molecule has 2 aliphatic rings. The van der Waals surface area contributed by atoms with Crippen LogP contribution in [0.5, 0.6) is 0 Å². The maximum atomic E-state index is 12.0. The summed E-state index contributed by atoms with van der Waals surface area (Å²) in [6, 6.07) is 0.366. The molecule has 210 valence electrons. The van der Waals surface area contributed by atoms with Crippen LogP contribution in [0.2, 0.25) is 0 Å². The minimum absolute atomic E-state index is 0.0714. The van der Waals surface area contributed by atoms with Crippen LogP contribution in [-0.4, -0.2) is 52.1 Å². The Labute approximate surface area is 227 Å². The third-order valence-electron chi connectivity index (χ3n) is 6.88. The molecule has 5 N–H and O–H groups in total. The van der Waals surface area contributed by atoms with Gasteiger partial charge in [0.1, 0.15) is 0 Å². The van der Waals surface area contributed by atoms with Crippen molar-refractivity contribution in [3.63, 3.8) is 0 Å². The van der Waals surface area contributed by atoms with E-state index in [1.807, 2.05) is 30.0 Å². The van der Waals surface area contributed by atoms with E-state index >= 15 is 0 Å². The lowest BCUT2D eigenvalue weighted by atomic mass is 10.0. The molecule has 0 aromatic heterocycles. The predicted molar refractivity (Wildman–Crippen MR) is 151 cm³/mol. The number of carbonyl (C=O) groups excluding carboxylic acids is 3. The monoisotopic (exact) mass is 536 g/mol. The van der Waals surface area contributed by atoms with Gasteiger partial charge in [0.15, 0.2) is 0 Å². The van der Waals surface area contributed by atoms with Crippen LogP contribution in [-0.2, 0) is 9.59 Å². The number of hydrogen-bond acceptors (Lipinski definition) is 5. The number of urea groups is 1. The van der Waals surface area contributed by atoms with E-state index in [0.717, 1.165) is 76.4 Å². The Morgan fingerprint density at radius 1 is 0.973 bits per heavy atom. The molecule has 0 saturated carbocycles. The molecule has 0 aliphatic carbocycles. The third-order valence-corrected chi connectivity index (χ3v) is 8.39. The fourth-order valence-corrected chi connectivity index (χ4v) is 6.23. The van der Waals surface area contributed by atoms with Gasteiger partial charge >= 0.3 is 6.03 Å². The van der Waals surface area contributed by atoms with Crippen LogP contribution in [0.1, 0.15) is 103 Å². The second-order valence-corrected chi connectivity index (χ2v) is 11.4. The first-order valence-electron chi connectivity index (χ1n) is 14.3. The van der Waals surface area contributed by atoms with E-state index in [4.69, 9.17) is 0 Å². The van der Waals surface area contributed by atoms with E-state index in [-0.39, 0.29) is 36.0 Å². The van der Waals surface area contributed by atoms with Gasteiger partial charge in [-0.3, -0.25) is 20.4 Å². The summed E-state index contributed by atoms with van der Waals surface area (Å²) in [6.07, 6.45) is 21.6. The molecule has 0 aromatic carbocycles. The SMILES string of the molecule is CCCCC[C@H](O)C=CC=CCCCCCCCC(=O)NNC(=O)CCCC[C@@H]1SC[C@@H]2NC(=O)N[C@@H]21. The molecular weight excluding hydrogens is 488 g/mol. The van der Waals surface area contributed by atoms with E-state index in [1.165, 1.54) is 12.8 Å². The summed E-state index contributed by atoms with van der Waals surface area (Å²) in [5.74, 6) is 0.648. The van der Waals surface area contributed by atoms with Crippen molar-refractivity contribution in [2.45, 2.75) is 127 Å². The Hall–Kier alpha value is -2.00. The highest BCUT2D eigenvalue weighted by Gasteiger charge is 2.42. The summed E-state index contributed by atoms with van der Waals surface area (Å²) in [5, 5.41) is 16.2. The fourth-order valence-electron chi connectivity index (χ4n) is 4.68. The fraction of sp³-hybridized carbons (Fsp3) is 0.750. The zero-order chi connectivity index (χ0) is 26.7. The van der Waals surface area contributed by atoms with Crippen LogP contribution >= 0.6 is 11.8 Å². The number of aliphatic hydroxyl groups is 1. The zero-order valence-electron chi connectivity index (χ0n) is 22.5. The molecule has 37 heavy (non-hydrogen) atoms. The number of allylic oxidation sites excluding steroid dienone is 3. The van der Waals surface area contributed by atoms with Gasteiger partial charge in [0, 0.05) is 23.8 Å². The van der Waals surface area contributed by atoms with Gasteiger partial charge in [0.25, 0.3) is 0 Å². The topological polar surface area (TPSA) is 120 Å². The van der Waals surface area contributed by atoms with E-state index in [9.17, 15) is 19.5 Å². The number of fused-ring (bicyclic) bond motifs is 1. The van der Waals surface area contributed by atoms with Gasteiger partial charge in [-0.05, 0) is 38.5 Å². The number of carbonyl (C=O) groups is 3. The predicted octanol–water partition coefficient (Wildman–Crippen LogP) is 4.64. The van der Waals surface area contributed by atoms with E-state index < -0.39 is 0 Å². The lowest BCUT2D eigenvalue weighted by molar-refractivity contribution is -0.129. The lowest BCUT2D eigenvalue weighted by Gasteiger charge is -2.16. The van der Waals surface area contributed by atoms with Gasteiger partial charge in [0.05, 0.1) is 18.2 Å². The van der Waals surface area contributed by atoms with Crippen molar-refractivity contribution in [2.75, 3.05) is 5.75 Å². The van der Waals surface area contributed by atoms with Crippen LogP contribution in [0.15, 0.2) is 24.3 Å². The van der Waals surface area contributed by atoms with Crippen LogP contribution in [0, 0.1) is 0 Å². The number of rotatable bonds is 19. The third kappa shape index (κ3) is 13.9. The summed E-state index contributed by atoms with van der Waals surface area (Å²) in [6.45, 7) is 2.16. The Bertz CT molecular complexity index is 746. The maximum Gasteiger partial charge on any atom is 0.315 e. The minimum Gasteiger partial charge on any atom is -0.389 e. The second kappa shape index (κ2) is 19.1. The summed E-state index contributed by atoms with van der Waals surface area (Å²) in [7, 11) is 0. The molecular formula is C28H48N4O4S. The van der Waals surface area contributed by atoms with Crippen molar-refractivity contribution < 1.29 is 19.5 Å². The number of thioether (sulfide) groups is 1. The first kappa shape index (κ1) is 31.2. The number of nitrogens with one attached hydrogen (secondary N) is 4. The molecule has 0 unspecified atom stereocenters. The normalized spacial score (nSPS) is 21.7. The van der Waals surface area contributed by atoms with Gasteiger partial charge in [-0.1, -0.05) is 76.2 Å². The summed E-state index contributed by atoms with van der Waals surface area (Å²) in [5.41, 5.74) is 5.04. The van der Waals surface area contributed by atoms with Crippen LogP contribution < -0.4 is 21.5 Å². The molecule has 0 radical (unpaired) electrons. The number of unbranched alkanes of at least 4 members (excludes halogenated alkanes) is 8. The van der Waals surface area contributed by atoms with E-state index in [1.54, 1.807) is 0 Å². The highest BCUT2D eigenvalue weighted by atomic mass is 32.2. The van der Waals surface area contributed by atoms with Crippen LogP contribution in [0.4, 0.5) is 4.79 Å². The molecule has 4 amide bonds. The molecule has 0 aromatic rings. The molecule has 0 spiro atoms. The Morgan fingerprint density at radius 2 is 1.68 bits per heavy atom. The van der Waals surface area contributed by atoms with Crippen molar-refractivity contribution in [1.82, 2.24) is 21.5 Å². The minimum atomic E-state index is -0.335. The van der Waals surface area contributed by atoms with Crippen molar-refractivity contribution in [1.29, 1.82) is 0 Å². The van der Waals surface area contributed by atoms with Gasteiger partial charge < -0.3 is 15.7 Å². The van der Waals surface area contributed by atoms with Crippen molar-refractivity contribution >= 4 is 29.6 Å². The average Bonchev–Trinajstić information content (AvgIpc) is 3.43. The van der Waals surface area contributed by atoms with Crippen molar-refractivity contribution in [2.24, 2.45) is 0 Å². The quantitative estimate of drug-likeness (QED) is 0.0713. The number of hydrogen-bond donors (Lipinski definition) is 5. The Balaban J connectivity index is 1.36. The number of hydrazine groups is 1. The lowest BCUT2D eigenvalue weighted by Crippen LogP contribution is -2.41. The van der Waals surface area contributed by atoms with Crippen LogP contribution in [0.3, 0.4) is 0 Å². The van der Waals surface area contributed by atoms with Crippen molar-refractivity contribution in [3.8, 4) is 0 Å². The molecule has 2 heterocycles. The molecule has 9 heteroatoms. The van der Waals surface area contributed by atoms with Gasteiger partial charge in [-0.25, -0.2) is 4.79 Å². The molecule has 2 saturated heterocycles. The largest absolute Gasteiger partial charge is 0.389 e. The summed E-state index contributed by atoms with van der Waals surface area (Å²) >= 11 is 1.88. The molecule has 2 fully saturated rings. The number of aliphatic hydroxyl groups excluding tert-OH is 1. The molecule has 4 atom stereocenters. The average molecular weight is 537 g/mol. The van der Waals surface area contributed by atoms with Crippen molar-refractivity contribution in [3.05, 3.63) is 24.3 Å². The molecule has 0 bridgehead atoms. The van der Waals surface area contributed by atoms with Gasteiger partial charge in [-0.15, -0.1) is 0 Å². The Morgan fingerprint density at radius 3 is 2.43 bits per heavy atom. The second-order valence-electron chi connectivity index (χ2n) is 10.1. The smallest absolute Gasteiger partial charge is 0.315 e. The van der Waals surface area contributed by atoms with Gasteiger partial charge in [0.2, 0.25) is 11.8 Å². The first-order valence-corrected chi connectivity index (χ1v) is 15.3. The Kier molecular flexibility index (Phi) is 16.1. The molecule has 8 nitrogen and oxygen atoms in total. The van der Waals surface area contributed by atoms with E-state index in [0.29, 0.717) is 18.1 Å². The molecule has 2 aliphatic heterocycles. The van der Waals surface area contributed by atoms with Crippen LogP contribution in [0.25, 0.3) is 0 Å². The van der Waals surface area contributed by atoms with Gasteiger partial charge in [-0.2, -0.15) is 11.8 Å². The van der Waals surface area contributed by atoms with E-state index in [2.05, 4.69) is 34.5 Å².